The molecule has 1 fully saturated rings. The van der Waals surface area contributed by atoms with E-state index >= 15 is 0 Å². The van der Waals surface area contributed by atoms with Crippen molar-refractivity contribution in [2.24, 2.45) is 4.99 Å². The lowest BCUT2D eigenvalue weighted by Crippen LogP contribution is -2.53. The van der Waals surface area contributed by atoms with Crippen LogP contribution >= 0.6 is 0 Å². The van der Waals surface area contributed by atoms with Crippen LogP contribution < -0.4 is 10.6 Å². The third-order valence-corrected chi connectivity index (χ3v) is 6.84. The zero-order valence-electron chi connectivity index (χ0n) is 17.8. The molecule has 1 heterocycles. The maximum Gasteiger partial charge on any atom is 0.410 e. The van der Waals surface area contributed by atoms with Gasteiger partial charge in [0.05, 0.1) is 10.5 Å². The van der Waals surface area contributed by atoms with Gasteiger partial charge >= 0.3 is 6.09 Å². The van der Waals surface area contributed by atoms with Crippen LogP contribution in [0.15, 0.2) is 4.99 Å². The highest BCUT2D eigenvalue weighted by Gasteiger charge is 2.29. The Labute approximate surface area is 164 Å². The van der Waals surface area contributed by atoms with E-state index < -0.39 is 20.2 Å². The Morgan fingerprint density at radius 1 is 1.22 bits per heavy atom. The van der Waals surface area contributed by atoms with Gasteiger partial charge in [0.1, 0.15) is 5.60 Å². The lowest BCUT2D eigenvalue weighted by molar-refractivity contribution is 0.0193. The Kier molecular flexibility index (Phi) is 7.95. The Bertz CT molecular complexity index is 633. The van der Waals surface area contributed by atoms with E-state index in [1.165, 1.54) is 0 Å². The molecule has 1 unspecified atom stereocenters. The third kappa shape index (κ3) is 7.94. The van der Waals surface area contributed by atoms with Gasteiger partial charge in [-0.15, -0.1) is 0 Å². The second-order valence-electron chi connectivity index (χ2n) is 8.84. The normalized spacial score (nSPS) is 19.6. The fraction of sp³-hybridized carbons (Fsp3) is 0.889. The van der Waals surface area contributed by atoms with Gasteiger partial charge < -0.3 is 20.3 Å². The lowest BCUT2D eigenvalue weighted by atomic mass is 10.1. The van der Waals surface area contributed by atoms with E-state index in [1.807, 2.05) is 20.8 Å². The predicted octanol–water partition coefficient (Wildman–Crippen LogP) is 1.76. The second-order valence-corrected chi connectivity index (χ2v) is 11.7. The number of rotatable bonds is 4. The number of carbonyl (C=O) groups excluding carboxylic acids is 1. The first-order valence-corrected chi connectivity index (χ1v) is 11.1. The van der Waals surface area contributed by atoms with E-state index in [2.05, 4.69) is 15.6 Å². The minimum Gasteiger partial charge on any atom is -0.444 e. The maximum atomic E-state index is 12.3. The first kappa shape index (κ1) is 23.5. The largest absolute Gasteiger partial charge is 0.444 e. The van der Waals surface area contributed by atoms with Crippen LogP contribution in [-0.2, 0) is 14.6 Å². The fourth-order valence-corrected chi connectivity index (χ4v) is 3.57. The standard InChI is InChI=1S/C18H36N4O4S/c1-17(2,3)26-16(23)22-11-8-9-14(13-22)21-15(19-7)20-10-12-27(24,25)18(4,5)6/h14H,8-13H2,1-7H3,(H2,19,20,21). The number of ether oxygens (including phenoxy) is 1. The van der Waals surface area contributed by atoms with Crippen molar-refractivity contribution >= 4 is 21.9 Å². The molecule has 1 aliphatic heterocycles. The molecule has 0 aliphatic carbocycles. The minimum atomic E-state index is -3.19. The van der Waals surface area contributed by atoms with Gasteiger partial charge in [-0.05, 0) is 54.4 Å². The number of aliphatic imine (C=N–C) groups is 1. The molecule has 0 aromatic carbocycles. The van der Waals surface area contributed by atoms with Crippen LogP contribution in [0.2, 0.25) is 0 Å². The van der Waals surface area contributed by atoms with Gasteiger partial charge in [0.2, 0.25) is 0 Å². The molecule has 1 amide bonds. The van der Waals surface area contributed by atoms with Crippen molar-refractivity contribution in [1.29, 1.82) is 0 Å². The Morgan fingerprint density at radius 2 is 1.85 bits per heavy atom. The molecule has 8 nitrogen and oxygen atoms in total. The first-order valence-electron chi connectivity index (χ1n) is 9.42. The average molecular weight is 405 g/mol. The number of nitrogens with zero attached hydrogens (tertiary/aromatic N) is 2. The van der Waals surface area contributed by atoms with Crippen LogP contribution in [0.25, 0.3) is 0 Å². The topological polar surface area (TPSA) is 100 Å². The summed E-state index contributed by atoms with van der Waals surface area (Å²) < 4.78 is 29.0. The van der Waals surface area contributed by atoms with Gasteiger partial charge in [0.15, 0.2) is 15.8 Å². The van der Waals surface area contributed by atoms with Crippen LogP contribution in [0.1, 0.15) is 54.4 Å². The molecule has 0 aromatic rings. The number of hydrogen-bond donors (Lipinski definition) is 2. The van der Waals surface area contributed by atoms with E-state index in [0.717, 1.165) is 12.8 Å². The Balaban J connectivity index is 2.54. The Hall–Kier alpha value is -1.51. The van der Waals surface area contributed by atoms with E-state index in [9.17, 15) is 13.2 Å². The number of piperidine rings is 1. The second kappa shape index (κ2) is 9.12. The quantitative estimate of drug-likeness (QED) is 0.547. The van der Waals surface area contributed by atoms with Crippen LogP contribution in [0.3, 0.4) is 0 Å². The number of nitrogens with one attached hydrogen (secondary N) is 2. The van der Waals surface area contributed by atoms with Crippen LogP contribution in [0.4, 0.5) is 4.79 Å². The number of amides is 1. The highest BCUT2D eigenvalue weighted by molar-refractivity contribution is 7.92. The molecule has 158 valence electrons. The van der Waals surface area contributed by atoms with E-state index in [-0.39, 0.29) is 24.4 Å². The van der Waals surface area contributed by atoms with Gasteiger partial charge in [-0.1, -0.05) is 0 Å². The first-order chi connectivity index (χ1) is 12.2. The highest BCUT2D eigenvalue weighted by Crippen LogP contribution is 2.16. The van der Waals surface area contributed by atoms with E-state index in [1.54, 1.807) is 32.7 Å². The molecule has 27 heavy (non-hydrogen) atoms. The van der Waals surface area contributed by atoms with Gasteiger partial charge in [-0.3, -0.25) is 4.99 Å². The zero-order valence-corrected chi connectivity index (χ0v) is 18.6. The van der Waals surface area contributed by atoms with Crippen LogP contribution in [0.5, 0.6) is 0 Å². The predicted molar refractivity (Wildman–Crippen MR) is 109 cm³/mol. The number of carbonyl (C=O) groups is 1. The molecule has 0 radical (unpaired) electrons. The highest BCUT2D eigenvalue weighted by atomic mass is 32.2. The molecule has 2 N–H and O–H groups in total. The monoisotopic (exact) mass is 404 g/mol. The van der Waals surface area contributed by atoms with Crippen molar-refractivity contribution in [2.45, 2.75) is 70.8 Å². The summed E-state index contributed by atoms with van der Waals surface area (Å²) in [4.78, 5) is 18.1. The number of guanidine groups is 1. The SMILES string of the molecule is CN=C(NCCS(=O)(=O)C(C)(C)C)NC1CCCN(C(=O)OC(C)(C)C)C1. The van der Waals surface area contributed by atoms with Gasteiger partial charge in [-0.2, -0.15) is 0 Å². The zero-order chi connectivity index (χ0) is 20.9. The third-order valence-electron chi connectivity index (χ3n) is 4.23. The summed E-state index contributed by atoms with van der Waals surface area (Å²) >= 11 is 0. The Morgan fingerprint density at radius 3 is 2.37 bits per heavy atom. The van der Waals surface area contributed by atoms with Crippen molar-refractivity contribution < 1.29 is 17.9 Å². The van der Waals surface area contributed by atoms with Crippen molar-refractivity contribution in [3.05, 3.63) is 0 Å². The van der Waals surface area contributed by atoms with Crippen molar-refractivity contribution in [3.63, 3.8) is 0 Å². The number of likely N-dealkylation sites (tertiary alicyclic amines) is 1. The molecule has 1 rings (SSSR count). The number of hydrogen-bond acceptors (Lipinski definition) is 5. The smallest absolute Gasteiger partial charge is 0.410 e. The summed E-state index contributed by atoms with van der Waals surface area (Å²) in [7, 11) is -1.55. The van der Waals surface area contributed by atoms with Gasteiger partial charge in [-0.25, -0.2) is 13.2 Å². The van der Waals surface area contributed by atoms with Crippen molar-refractivity contribution in [2.75, 3.05) is 32.4 Å². The van der Waals surface area contributed by atoms with E-state index in [4.69, 9.17) is 4.74 Å². The summed E-state index contributed by atoms with van der Waals surface area (Å²) in [6.07, 6.45) is 1.46. The lowest BCUT2D eigenvalue weighted by Gasteiger charge is -2.35. The van der Waals surface area contributed by atoms with Crippen LogP contribution in [0, 0.1) is 0 Å². The molecule has 9 heteroatoms. The molecule has 1 aliphatic rings. The summed E-state index contributed by atoms with van der Waals surface area (Å²) in [6, 6.07) is 0.0386. The maximum absolute atomic E-state index is 12.3. The summed E-state index contributed by atoms with van der Waals surface area (Å²) in [5.41, 5.74) is -0.520. The molecule has 0 bridgehead atoms. The molecular formula is C18H36N4O4S. The average Bonchev–Trinajstić information content (AvgIpc) is 2.51. The van der Waals surface area contributed by atoms with E-state index in [0.29, 0.717) is 19.0 Å². The summed E-state index contributed by atoms with van der Waals surface area (Å²) in [6.45, 7) is 12.1. The molecular weight excluding hydrogens is 368 g/mol. The summed E-state index contributed by atoms with van der Waals surface area (Å²) in [5.74, 6) is 0.571. The van der Waals surface area contributed by atoms with Crippen molar-refractivity contribution in [3.8, 4) is 0 Å². The molecule has 0 aromatic heterocycles. The summed E-state index contributed by atoms with van der Waals surface area (Å²) in [5, 5.41) is 6.33. The van der Waals surface area contributed by atoms with Crippen molar-refractivity contribution in [1.82, 2.24) is 15.5 Å². The van der Waals surface area contributed by atoms with Crippen LogP contribution in [-0.4, -0.2) is 74.2 Å². The molecule has 1 saturated heterocycles. The molecule has 0 saturated carbocycles. The molecule has 1 atom stereocenters. The molecule has 0 spiro atoms. The van der Waals surface area contributed by atoms with Gasteiger partial charge in [0, 0.05) is 32.7 Å². The minimum absolute atomic E-state index is 0.0336. The number of sulfone groups is 1. The van der Waals surface area contributed by atoms with Gasteiger partial charge in [0.25, 0.3) is 0 Å². The fourth-order valence-electron chi connectivity index (χ4n) is 2.59.